The van der Waals surface area contributed by atoms with Gasteiger partial charge in [0.2, 0.25) is 0 Å². The summed E-state index contributed by atoms with van der Waals surface area (Å²) in [5, 5.41) is 10.5. The predicted octanol–water partition coefficient (Wildman–Crippen LogP) is 2.88. The van der Waals surface area contributed by atoms with E-state index in [4.69, 9.17) is 4.42 Å². The van der Waals surface area contributed by atoms with Crippen molar-refractivity contribution in [1.82, 2.24) is 4.90 Å². The van der Waals surface area contributed by atoms with E-state index in [9.17, 15) is 14.9 Å². The van der Waals surface area contributed by atoms with Crippen LogP contribution in [-0.2, 0) is 0 Å². The van der Waals surface area contributed by atoms with Gasteiger partial charge in [0.25, 0.3) is 0 Å². The number of hydrogen-bond donors (Lipinski definition) is 0. The highest BCUT2D eigenvalue weighted by atomic mass is 16.6. The molecular weight excluding hydrogens is 248 g/mol. The van der Waals surface area contributed by atoms with Crippen molar-refractivity contribution in [3.63, 3.8) is 0 Å². The first-order valence-electron chi connectivity index (χ1n) is 6.36. The van der Waals surface area contributed by atoms with Crippen LogP contribution in [0.4, 0.5) is 5.88 Å². The Balaban J connectivity index is 2.61. The quantitative estimate of drug-likeness (QED) is 0.431. The highest BCUT2D eigenvalue weighted by Crippen LogP contribution is 2.17. The predicted molar refractivity (Wildman–Crippen MR) is 71.3 cm³/mol. The number of carbonyl (C=O) groups excluding carboxylic acids is 1. The van der Waals surface area contributed by atoms with Crippen LogP contribution < -0.4 is 0 Å². The SMILES string of the molecule is CC(C)N(CCC(=O)c1ccc([N+](=O)[O-])o1)C(C)C. The van der Waals surface area contributed by atoms with E-state index in [0.29, 0.717) is 25.0 Å². The van der Waals surface area contributed by atoms with Crippen molar-refractivity contribution in [1.29, 1.82) is 0 Å². The van der Waals surface area contributed by atoms with Gasteiger partial charge in [-0.1, -0.05) is 0 Å². The minimum absolute atomic E-state index is 0.0548. The molecule has 0 bridgehead atoms. The van der Waals surface area contributed by atoms with Crippen LogP contribution in [0.2, 0.25) is 0 Å². The number of nitrogens with zero attached hydrogens (tertiary/aromatic N) is 2. The van der Waals surface area contributed by atoms with E-state index in [-0.39, 0.29) is 11.5 Å². The van der Waals surface area contributed by atoms with Crippen LogP contribution in [0.5, 0.6) is 0 Å². The van der Waals surface area contributed by atoms with Gasteiger partial charge in [0.05, 0.1) is 6.07 Å². The first-order chi connectivity index (χ1) is 8.82. The Morgan fingerprint density at radius 3 is 2.32 bits per heavy atom. The van der Waals surface area contributed by atoms with Crippen molar-refractivity contribution in [3.8, 4) is 0 Å². The van der Waals surface area contributed by atoms with Gasteiger partial charge in [0.1, 0.15) is 4.92 Å². The van der Waals surface area contributed by atoms with Gasteiger partial charge in [-0.15, -0.1) is 0 Å². The maximum atomic E-state index is 11.9. The van der Waals surface area contributed by atoms with Crippen LogP contribution in [0.15, 0.2) is 16.5 Å². The van der Waals surface area contributed by atoms with Crippen molar-refractivity contribution < 1.29 is 14.1 Å². The van der Waals surface area contributed by atoms with Gasteiger partial charge >= 0.3 is 5.88 Å². The fourth-order valence-corrected chi connectivity index (χ4v) is 2.04. The number of rotatable bonds is 7. The second-order valence-electron chi connectivity index (χ2n) is 4.99. The molecule has 0 spiro atoms. The zero-order valence-corrected chi connectivity index (χ0v) is 11.8. The second kappa shape index (κ2) is 6.47. The zero-order valence-electron chi connectivity index (χ0n) is 11.8. The maximum Gasteiger partial charge on any atom is 0.433 e. The molecule has 6 heteroatoms. The lowest BCUT2D eigenvalue weighted by Gasteiger charge is -2.30. The highest BCUT2D eigenvalue weighted by molar-refractivity contribution is 5.93. The Bertz CT molecular complexity index is 443. The number of nitro groups is 1. The largest absolute Gasteiger partial charge is 0.433 e. The molecule has 0 aromatic carbocycles. The lowest BCUT2D eigenvalue weighted by molar-refractivity contribution is -0.402. The van der Waals surface area contributed by atoms with Gasteiger partial charge in [-0.05, 0) is 33.8 Å². The molecule has 1 heterocycles. The molecule has 0 aliphatic carbocycles. The van der Waals surface area contributed by atoms with Gasteiger partial charge in [0.15, 0.2) is 11.5 Å². The monoisotopic (exact) mass is 268 g/mol. The number of hydrogen-bond acceptors (Lipinski definition) is 5. The molecule has 0 saturated carbocycles. The van der Waals surface area contributed by atoms with Crippen molar-refractivity contribution in [2.75, 3.05) is 6.54 Å². The Morgan fingerprint density at radius 2 is 1.89 bits per heavy atom. The average Bonchev–Trinajstić information content (AvgIpc) is 2.77. The molecule has 106 valence electrons. The molecule has 0 aliphatic heterocycles. The van der Waals surface area contributed by atoms with E-state index in [0.717, 1.165) is 0 Å². The molecule has 0 unspecified atom stereocenters. The first kappa shape index (κ1) is 15.4. The molecule has 0 radical (unpaired) electrons. The summed E-state index contributed by atoms with van der Waals surface area (Å²) in [6.07, 6.45) is 0.293. The molecule has 1 rings (SSSR count). The molecule has 1 aromatic rings. The van der Waals surface area contributed by atoms with Gasteiger partial charge < -0.3 is 4.42 Å². The third-order valence-corrected chi connectivity index (χ3v) is 2.97. The third kappa shape index (κ3) is 4.17. The molecule has 19 heavy (non-hydrogen) atoms. The van der Waals surface area contributed by atoms with Gasteiger partial charge in [-0.25, -0.2) is 0 Å². The molecule has 0 aliphatic rings. The van der Waals surface area contributed by atoms with Gasteiger partial charge in [-0.2, -0.15) is 0 Å². The third-order valence-electron chi connectivity index (χ3n) is 2.97. The average molecular weight is 268 g/mol. The number of Topliss-reactive ketones (excluding diaryl/α,β-unsaturated/α-hetero) is 1. The first-order valence-corrected chi connectivity index (χ1v) is 6.36. The van der Waals surface area contributed by atoms with Crippen LogP contribution in [0.1, 0.15) is 44.7 Å². The zero-order chi connectivity index (χ0) is 14.6. The van der Waals surface area contributed by atoms with Crippen molar-refractivity contribution in [2.24, 2.45) is 0 Å². The summed E-state index contributed by atoms with van der Waals surface area (Å²) >= 11 is 0. The molecular formula is C13H20N2O4. The molecule has 0 amide bonds. The van der Waals surface area contributed by atoms with Crippen LogP contribution >= 0.6 is 0 Å². The Kier molecular flexibility index (Phi) is 5.23. The normalized spacial score (nSPS) is 11.5. The summed E-state index contributed by atoms with van der Waals surface area (Å²) < 4.78 is 4.89. The summed E-state index contributed by atoms with van der Waals surface area (Å²) in [5.74, 6) is -0.550. The van der Waals surface area contributed by atoms with Crippen LogP contribution in [0, 0.1) is 10.1 Å². The lowest BCUT2D eigenvalue weighted by Crippen LogP contribution is -2.38. The molecule has 0 atom stereocenters. The summed E-state index contributed by atoms with van der Waals surface area (Å²) in [7, 11) is 0. The van der Waals surface area contributed by atoms with Crippen molar-refractivity contribution in [2.45, 2.75) is 46.2 Å². The summed E-state index contributed by atoms with van der Waals surface area (Å²) in [6.45, 7) is 8.90. The molecule has 0 fully saturated rings. The molecule has 0 N–H and O–H groups in total. The number of ketones is 1. The molecule has 6 nitrogen and oxygen atoms in total. The minimum atomic E-state index is -0.648. The fourth-order valence-electron chi connectivity index (χ4n) is 2.04. The highest BCUT2D eigenvalue weighted by Gasteiger charge is 2.19. The Labute approximate surface area is 112 Å². The van der Waals surface area contributed by atoms with E-state index < -0.39 is 10.8 Å². The lowest BCUT2D eigenvalue weighted by atomic mass is 10.1. The van der Waals surface area contributed by atoms with E-state index in [1.54, 1.807) is 0 Å². The van der Waals surface area contributed by atoms with Gasteiger partial charge in [-0.3, -0.25) is 19.8 Å². The smallest absolute Gasteiger partial charge is 0.397 e. The van der Waals surface area contributed by atoms with E-state index in [2.05, 4.69) is 32.6 Å². The minimum Gasteiger partial charge on any atom is -0.397 e. The Morgan fingerprint density at radius 1 is 1.32 bits per heavy atom. The summed E-state index contributed by atoms with van der Waals surface area (Å²) in [5.41, 5.74) is 0. The summed E-state index contributed by atoms with van der Waals surface area (Å²) in [4.78, 5) is 23.9. The van der Waals surface area contributed by atoms with Crippen LogP contribution in [0.3, 0.4) is 0 Å². The van der Waals surface area contributed by atoms with Crippen LogP contribution in [0.25, 0.3) is 0 Å². The molecule has 1 aromatic heterocycles. The Hall–Kier alpha value is -1.69. The fraction of sp³-hybridized carbons (Fsp3) is 0.615. The van der Waals surface area contributed by atoms with Gasteiger partial charge in [0, 0.05) is 25.0 Å². The molecule has 0 saturated heterocycles. The van der Waals surface area contributed by atoms with Crippen LogP contribution in [-0.4, -0.2) is 34.2 Å². The second-order valence-corrected chi connectivity index (χ2v) is 4.99. The van der Waals surface area contributed by atoms with E-state index in [1.165, 1.54) is 12.1 Å². The summed E-state index contributed by atoms with van der Waals surface area (Å²) in [6, 6.07) is 3.25. The number of furan rings is 1. The maximum absolute atomic E-state index is 11.9. The topological polar surface area (TPSA) is 76.6 Å². The number of carbonyl (C=O) groups is 1. The standard InChI is InChI=1S/C13H20N2O4/c1-9(2)14(10(3)4)8-7-11(16)12-5-6-13(19-12)15(17)18/h5-6,9-10H,7-8H2,1-4H3. The van der Waals surface area contributed by atoms with Crippen molar-refractivity contribution in [3.05, 3.63) is 28.0 Å². The van der Waals surface area contributed by atoms with E-state index in [1.807, 2.05) is 0 Å². The van der Waals surface area contributed by atoms with E-state index >= 15 is 0 Å². The van der Waals surface area contributed by atoms with Crippen molar-refractivity contribution >= 4 is 11.7 Å².